The van der Waals surface area contributed by atoms with E-state index in [0.29, 0.717) is 17.3 Å². The van der Waals surface area contributed by atoms with Gasteiger partial charge in [0.2, 0.25) is 5.88 Å². The summed E-state index contributed by atoms with van der Waals surface area (Å²) in [5, 5.41) is 10.0. The Labute approximate surface area is 110 Å². The average molecular weight is 316 g/mol. The number of benzene rings is 1. The fourth-order valence-electron chi connectivity index (χ4n) is 1.42. The second kappa shape index (κ2) is 4.89. The van der Waals surface area contributed by atoms with Crippen molar-refractivity contribution in [3.8, 4) is 5.88 Å². The predicted octanol–water partition coefficient (Wildman–Crippen LogP) is 2.48. The van der Waals surface area contributed by atoms with Gasteiger partial charge < -0.3 is 10.1 Å². The number of halogens is 2. The molecule has 0 aliphatic carbocycles. The second-order valence-electron chi connectivity index (χ2n) is 3.46. The van der Waals surface area contributed by atoms with Gasteiger partial charge in [-0.1, -0.05) is 23.7 Å². The first-order chi connectivity index (χ1) is 8.06. The van der Waals surface area contributed by atoms with Crippen LogP contribution in [0, 0.1) is 0 Å². The van der Waals surface area contributed by atoms with Crippen LogP contribution in [0.5, 0.6) is 5.88 Å². The van der Waals surface area contributed by atoms with Crippen molar-refractivity contribution in [3.63, 3.8) is 0 Å². The van der Waals surface area contributed by atoms with Crippen molar-refractivity contribution >= 4 is 27.5 Å². The third-order valence-electron chi connectivity index (χ3n) is 2.15. The summed E-state index contributed by atoms with van der Waals surface area (Å²) >= 11 is 8.78. The van der Waals surface area contributed by atoms with Gasteiger partial charge >= 0.3 is 0 Å². The van der Waals surface area contributed by atoms with E-state index in [1.165, 1.54) is 0 Å². The van der Waals surface area contributed by atoms with Gasteiger partial charge in [-0.25, -0.2) is 0 Å². The zero-order chi connectivity index (χ0) is 12.4. The highest BCUT2D eigenvalue weighted by atomic mass is 79.9. The number of hydrogen-bond donors (Lipinski definition) is 2. The molecule has 1 heterocycles. The molecule has 4 nitrogen and oxygen atoms in total. The highest BCUT2D eigenvalue weighted by molar-refractivity contribution is 9.10. The molecule has 17 heavy (non-hydrogen) atoms. The van der Waals surface area contributed by atoms with Crippen molar-refractivity contribution < 1.29 is 5.11 Å². The molecule has 0 atom stereocenters. The van der Waals surface area contributed by atoms with Crippen molar-refractivity contribution in [1.29, 1.82) is 0 Å². The SMILES string of the molecule is O=c1[nH]c(Cc2cccc(Cl)c2)nc(O)c1Br. The first-order valence-electron chi connectivity index (χ1n) is 4.78. The lowest BCUT2D eigenvalue weighted by Crippen LogP contribution is -2.12. The normalized spacial score (nSPS) is 10.5. The molecule has 0 bridgehead atoms. The highest BCUT2D eigenvalue weighted by Gasteiger charge is 2.08. The van der Waals surface area contributed by atoms with Gasteiger partial charge in [0.25, 0.3) is 5.56 Å². The second-order valence-corrected chi connectivity index (χ2v) is 4.69. The van der Waals surface area contributed by atoms with Crippen LogP contribution in [0.25, 0.3) is 0 Å². The van der Waals surface area contributed by atoms with E-state index >= 15 is 0 Å². The molecule has 6 heteroatoms. The summed E-state index contributed by atoms with van der Waals surface area (Å²) in [6.45, 7) is 0. The molecule has 1 aromatic carbocycles. The van der Waals surface area contributed by atoms with Crippen molar-refractivity contribution in [2.45, 2.75) is 6.42 Å². The summed E-state index contributed by atoms with van der Waals surface area (Å²) in [4.78, 5) is 17.8. The summed E-state index contributed by atoms with van der Waals surface area (Å²) in [7, 11) is 0. The molecule has 0 radical (unpaired) electrons. The van der Waals surface area contributed by atoms with Crippen LogP contribution in [0.2, 0.25) is 5.02 Å². The van der Waals surface area contributed by atoms with E-state index in [9.17, 15) is 9.90 Å². The van der Waals surface area contributed by atoms with E-state index in [4.69, 9.17) is 11.6 Å². The number of aromatic amines is 1. The van der Waals surface area contributed by atoms with Gasteiger partial charge in [0.1, 0.15) is 10.3 Å². The largest absolute Gasteiger partial charge is 0.492 e. The third kappa shape index (κ3) is 2.87. The Kier molecular flexibility index (Phi) is 3.49. The summed E-state index contributed by atoms with van der Waals surface area (Å²) in [6.07, 6.45) is 0.399. The molecular formula is C11H8BrClN2O2. The Morgan fingerprint density at radius 1 is 1.47 bits per heavy atom. The quantitative estimate of drug-likeness (QED) is 0.895. The fraction of sp³-hybridized carbons (Fsp3) is 0.0909. The number of hydrogen-bond acceptors (Lipinski definition) is 3. The van der Waals surface area contributed by atoms with Crippen LogP contribution in [0.1, 0.15) is 11.4 Å². The molecule has 0 aliphatic heterocycles. The lowest BCUT2D eigenvalue weighted by atomic mass is 10.1. The molecule has 0 saturated heterocycles. The van der Waals surface area contributed by atoms with E-state index in [-0.39, 0.29) is 10.4 Å². The Bertz CT molecular complexity index is 613. The Balaban J connectivity index is 2.34. The smallest absolute Gasteiger partial charge is 0.269 e. The summed E-state index contributed by atoms with van der Waals surface area (Å²) < 4.78 is 0.0346. The van der Waals surface area contributed by atoms with E-state index < -0.39 is 5.56 Å². The molecule has 2 N–H and O–H groups in total. The molecule has 0 amide bonds. The first-order valence-corrected chi connectivity index (χ1v) is 5.95. The van der Waals surface area contributed by atoms with Gasteiger partial charge in [0, 0.05) is 11.4 Å². The highest BCUT2D eigenvalue weighted by Crippen LogP contribution is 2.17. The van der Waals surface area contributed by atoms with Crippen molar-refractivity contribution in [3.05, 3.63) is 55.5 Å². The summed E-state index contributed by atoms with van der Waals surface area (Å²) in [6, 6.07) is 7.22. The minimum atomic E-state index is -0.408. The van der Waals surface area contributed by atoms with Crippen molar-refractivity contribution in [2.24, 2.45) is 0 Å². The van der Waals surface area contributed by atoms with Crippen molar-refractivity contribution in [2.75, 3.05) is 0 Å². The van der Waals surface area contributed by atoms with E-state index in [2.05, 4.69) is 25.9 Å². The molecule has 2 aromatic rings. The van der Waals surface area contributed by atoms with Crippen LogP contribution >= 0.6 is 27.5 Å². The molecule has 0 unspecified atom stereocenters. The first kappa shape index (κ1) is 12.1. The van der Waals surface area contributed by atoms with Gasteiger partial charge in [0.05, 0.1) is 0 Å². The molecule has 0 saturated carbocycles. The van der Waals surface area contributed by atoms with E-state index in [1.54, 1.807) is 12.1 Å². The lowest BCUT2D eigenvalue weighted by Gasteiger charge is -2.03. The third-order valence-corrected chi connectivity index (χ3v) is 3.10. The summed E-state index contributed by atoms with van der Waals surface area (Å²) in [5.41, 5.74) is 0.497. The summed E-state index contributed by atoms with van der Waals surface area (Å²) in [5.74, 6) is 0.0729. The van der Waals surface area contributed by atoms with Crippen LogP contribution in [0.4, 0.5) is 0 Å². The average Bonchev–Trinajstić information content (AvgIpc) is 2.26. The Morgan fingerprint density at radius 3 is 2.88 bits per heavy atom. The zero-order valence-corrected chi connectivity index (χ0v) is 10.9. The van der Waals surface area contributed by atoms with Crippen LogP contribution < -0.4 is 5.56 Å². The number of rotatable bonds is 2. The molecular weight excluding hydrogens is 307 g/mol. The molecule has 88 valence electrons. The predicted molar refractivity (Wildman–Crippen MR) is 68.5 cm³/mol. The van der Waals surface area contributed by atoms with E-state index in [0.717, 1.165) is 5.56 Å². The topological polar surface area (TPSA) is 66.0 Å². The monoisotopic (exact) mass is 314 g/mol. The van der Waals surface area contributed by atoms with Crippen LogP contribution in [0.3, 0.4) is 0 Å². The number of aromatic nitrogens is 2. The van der Waals surface area contributed by atoms with E-state index in [1.807, 2.05) is 12.1 Å². The van der Waals surface area contributed by atoms with Gasteiger partial charge in [-0.3, -0.25) is 4.79 Å². The molecule has 1 aromatic heterocycles. The number of H-pyrrole nitrogens is 1. The Hall–Kier alpha value is -1.33. The minimum Gasteiger partial charge on any atom is -0.492 e. The number of nitrogens with zero attached hydrogens (tertiary/aromatic N) is 1. The molecule has 0 fully saturated rings. The molecule has 2 rings (SSSR count). The lowest BCUT2D eigenvalue weighted by molar-refractivity contribution is 0.444. The van der Waals surface area contributed by atoms with Crippen LogP contribution in [-0.4, -0.2) is 15.1 Å². The van der Waals surface area contributed by atoms with Gasteiger partial charge in [-0.15, -0.1) is 0 Å². The fourth-order valence-corrected chi connectivity index (χ4v) is 1.82. The standard InChI is InChI=1S/C11H8BrClN2O2/c12-9-10(16)14-8(15-11(9)17)5-6-2-1-3-7(13)4-6/h1-4H,5H2,(H2,14,15,16,17). The Morgan fingerprint density at radius 2 is 2.24 bits per heavy atom. The van der Waals surface area contributed by atoms with Crippen LogP contribution in [0.15, 0.2) is 33.5 Å². The minimum absolute atomic E-state index is 0.0346. The molecule has 0 aliphatic rings. The number of aromatic hydroxyl groups is 1. The zero-order valence-electron chi connectivity index (χ0n) is 8.58. The van der Waals surface area contributed by atoms with Gasteiger partial charge in [0.15, 0.2) is 0 Å². The maximum absolute atomic E-state index is 11.4. The maximum atomic E-state index is 11.4. The van der Waals surface area contributed by atoms with Gasteiger partial charge in [-0.05, 0) is 33.6 Å². The maximum Gasteiger partial charge on any atom is 0.269 e. The van der Waals surface area contributed by atoms with Gasteiger partial charge in [-0.2, -0.15) is 4.98 Å². The van der Waals surface area contributed by atoms with Crippen molar-refractivity contribution in [1.82, 2.24) is 9.97 Å². The molecule has 0 spiro atoms. The number of nitrogens with one attached hydrogen (secondary N) is 1. The van der Waals surface area contributed by atoms with Crippen LogP contribution in [-0.2, 0) is 6.42 Å².